The van der Waals surface area contributed by atoms with Gasteiger partial charge in [0.05, 0.1) is 17.4 Å². The summed E-state index contributed by atoms with van der Waals surface area (Å²) in [4.78, 5) is 16.9. The second-order valence-electron chi connectivity index (χ2n) is 7.13. The quantitative estimate of drug-likeness (QED) is 0.707. The average Bonchev–Trinajstić information content (AvgIpc) is 2.98. The Labute approximate surface area is 157 Å². The summed E-state index contributed by atoms with van der Waals surface area (Å²) in [7, 11) is 0. The number of aryl methyl sites for hydroxylation is 1. The highest BCUT2D eigenvalue weighted by Crippen LogP contribution is 2.25. The first-order valence-corrected chi connectivity index (χ1v) is 9.01. The molecule has 0 saturated heterocycles. The predicted molar refractivity (Wildman–Crippen MR) is 101 cm³/mol. The van der Waals surface area contributed by atoms with E-state index in [1.165, 1.54) is 11.9 Å². The van der Waals surface area contributed by atoms with E-state index in [1.807, 2.05) is 39.0 Å². The molecule has 6 heteroatoms. The number of fused-ring (bicyclic) bond motifs is 1. The monoisotopic (exact) mass is 371 g/mol. The fourth-order valence-corrected chi connectivity index (χ4v) is 3.30. The lowest BCUT2D eigenvalue weighted by molar-refractivity contribution is -0.125. The van der Waals surface area contributed by atoms with Gasteiger partial charge in [-0.05, 0) is 24.8 Å². The van der Waals surface area contributed by atoms with Crippen LogP contribution in [0, 0.1) is 24.5 Å². The van der Waals surface area contributed by atoms with E-state index in [4.69, 9.17) is 0 Å². The van der Waals surface area contributed by atoms with Gasteiger partial charge in [-0.3, -0.25) is 4.79 Å². The third kappa shape index (κ3) is 4.15. The Balaban J connectivity index is 1.77. The largest absolute Gasteiger partial charge is 0.354 e. The van der Waals surface area contributed by atoms with Crippen molar-refractivity contribution in [3.8, 4) is 0 Å². The maximum Gasteiger partial charge on any atom is 0.243 e. The van der Waals surface area contributed by atoms with E-state index in [0.717, 1.165) is 24.1 Å². The summed E-state index contributed by atoms with van der Waals surface area (Å²) in [6.45, 7) is 6.36. The van der Waals surface area contributed by atoms with E-state index >= 15 is 0 Å². The molecule has 1 atom stereocenters. The van der Waals surface area contributed by atoms with Crippen LogP contribution >= 0.6 is 0 Å². The summed E-state index contributed by atoms with van der Waals surface area (Å²) >= 11 is 0. The van der Waals surface area contributed by atoms with Gasteiger partial charge in [0.25, 0.3) is 0 Å². The zero-order valence-electron chi connectivity index (χ0n) is 15.7. The van der Waals surface area contributed by atoms with E-state index in [0.29, 0.717) is 17.6 Å². The van der Waals surface area contributed by atoms with Gasteiger partial charge >= 0.3 is 0 Å². The maximum absolute atomic E-state index is 13.7. The van der Waals surface area contributed by atoms with Gasteiger partial charge in [0.2, 0.25) is 5.91 Å². The maximum atomic E-state index is 13.7. The molecule has 27 heavy (non-hydrogen) atoms. The predicted octanol–water partition coefficient (Wildman–Crippen LogP) is 4.18. The molecule has 0 aliphatic heterocycles. The molecule has 1 amide bonds. The Morgan fingerprint density at radius 3 is 2.63 bits per heavy atom. The van der Waals surface area contributed by atoms with Gasteiger partial charge in [0.1, 0.15) is 6.04 Å². The lowest BCUT2D eigenvalue weighted by atomic mass is 10.0. The summed E-state index contributed by atoms with van der Waals surface area (Å²) < 4.78 is 28.7. The smallest absolute Gasteiger partial charge is 0.243 e. The van der Waals surface area contributed by atoms with Gasteiger partial charge in [0, 0.05) is 18.7 Å². The molecule has 0 saturated carbocycles. The molecule has 1 N–H and O–H groups in total. The van der Waals surface area contributed by atoms with Gasteiger partial charge in [-0.15, -0.1) is 0 Å². The molecule has 1 heterocycles. The van der Waals surface area contributed by atoms with Crippen LogP contribution in [0.5, 0.6) is 0 Å². The minimum absolute atomic E-state index is 0.0468. The van der Waals surface area contributed by atoms with Crippen LogP contribution in [0.1, 0.15) is 31.0 Å². The van der Waals surface area contributed by atoms with Crippen molar-refractivity contribution in [3.05, 3.63) is 65.5 Å². The molecule has 3 aromatic rings. The summed E-state index contributed by atoms with van der Waals surface area (Å²) in [5.74, 6) is -2.11. The highest BCUT2D eigenvalue weighted by atomic mass is 19.2. The molecular formula is C21H23F2N3O. The number of carbonyl (C=O) groups is 1. The molecular weight excluding hydrogens is 348 g/mol. The van der Waals surface area contributed by atoms with Gasteiger partial charge < -0.3 is 9.88 Å². The van der Waals surface area contributed by atoms with Gasteiger partial charge in [0.15, 0.2) is 11.6 Å². The number of amides is 1. The molecule has 0 radical (unpaired) electrons. The van der Waals surface area contributed by atoms with E-state index in [9.17, 15) is 13.6 Å². The van der Waals surface area contributed by atoms with Crippen LogP contribution in [-0.2, 0) is 11.2 Å². The van der Waals surface area contributed by atoms with Crippen LogP contribution < -0.4 is 5.32 Å². The second-order valence-corrected chi connectivity index (χ2v) is 7.13. The fourth-order valence-electron chi connectivity index (χ4n) is 3.30. The van der Waals surface area contributed by atoms with Crippen molar-refractivity contribution in [3.63, 3.8) is 0 Å². The van der Waals surface area contributed by atoms with E-state index in [1.54, 1.807) is 4.57 Å². The molecule has 0 bridgehead atoms. The first-order chi connectivity index (χ1) is 12.9. The van der Waals surface area contributed by atoms with Crippen LogP contribution in [-0.4, -0.2) is 22.0 Å². The summed E-state index contributed by atoms with van der Waals surface area (Å²) in [5, 5.41) is 2.96. The number of hydrogen-bond donors (Lipinski definition) is 1. The zero-order valence-corrected chi connectivity index (χ0v) is 15.7. The number of imidazole rings is 1. The van der Waals surface area contributed by atoms with Crippen LogP contribution in [0.2, 0.25) is 0 Å². The number of carbonyl (C=O) groups excluding carboxylic acids is 1. The molecule has 3 rings (SSSR count). The number of benzene rings is 2. The van der Waals surface area contributed by atoms with Crippen LogP contribution in [0.4, 0.5) is 8.78 Å². The molecule has 0 aliphatic carbocycles. The van der Waals surface area contributed by atoms with E-state index < -0.39 is 17.7 Å². The lowest BCUT2D eigenvalue weighted by Gasteiger charge is -2.22. The van der Waals surface area contributed by atoms with Crippen molar-refractivity contribution in [1.82, 2.24) is 14.9 Å². The molecule has 142 valence electrons. The Kier molecular flexibility index (Phi) is 5.54. The summed E-state index contributed by atoms with van der Waals surface area (Å²) in [5.41, 5.74) is 3.06. The van der Waals surface area contributed by atoms with Crippen molar-refractivity contribution in [2.45, 2.75) is 33.2 Å². The summed E-state index contributed by atoms with van der Waals surface area (Å²) in [6.07, 6.45) is 2.19. The molecule has 0 fully saturated rings. The van der Waals surface area contributed by atoms with Gasteiger partial charge in [-0.25, -0.2) is 13.8 Å². The SMILES string of the molecule is Cc1cccc(CCNC(=O)C(C(C)C)n2cnc3cc(F)c(F)cc32)c1. The molecule has 2 aromatic carbocycles. The zero-order chi connectivity index (χ0) is 19.6. The van der Waals surface area contributed by atoms with Crippen LogP contribution in [0.15, 0.2) is 42.7 Å². The van der Waals surface area contributed by atoms with Crippen molar-refractivity contribution in [1.29, 1.82) is 0 Å². The average molecular weight is 371 g/mol. The number of nitrogens with zero attached hydrogens (tertiary/aromatic N) is 2. The Hall–Kier alpha value is -2.76. The van der Waals surface area contributed by atoms with Crippen molar-refractivity contribution in [2.75, 3.05) is 6.54 Å². The molecule has 0 spiro atoms. The topological polar surface area (TPSA) is 46.9 Å². The van der Waals surface area contributed by atoms with Crippen LogP contribution in [0.3, 0.4) is 0 Å². The van der Waals surface area contributed by atoms with E-state index in [2.05, 4.69) is 16.4 Å². The highest BCUT2D eigenvalue weighted by Gasteiger charge is 2.26. The molecule has 0 aliphatic rings. The molecule has 1 aromatic heterocycles. The number of aromatic nitrogens is 2. The van der Waals surface area contributed by atoms with Crippen molar-refractivity contribution in [2.24, 2.45) is 5.92 Å². The third-order valence-electron chi connectivity index (χ3n) is 4.61. The van der Waals surface area contributed by atoms with Crippen molar-refractivity contribution < 1.29 is 13.6 Å². The number of nitrogens with one attached hydrogen (secondary N) is 1. The van der Waals surface area contributed by atoms with Crippen LogP contribution in [0.25, 0.3) is 11.0 Å². The molecule has 1 unspecified atom stereocenters. The number of halogens is 2. The normalized spacial score (nSPS) is 12.5. The number of hydrogen-bond acceptors (Lipinski definition) is 2. The Morgan fingerprint density at radius 2 is 1.93 bits per heavy atom. The number of rotatable bonds is 6. The Bertz CT molecular complexity index is 965. The second kappa shape index (κ2) is 7.86. The van der Waals surface area contributed by atoms with Gasteiger partial charge in [-0.1, -0.05) is 43.7 Å². The van der Waals surface area contributed by atoms with Gasteiger partial charge in [-0.2, -0.15) is 0 Å². The van der Waals surface area contributed by atoms with Crippen molar-refractivity contribution >= 4 is 16.9 Å². The Morgan fingerprint density at radius 1 is 1.19 bits per heavy atom. The third-order valence-corrected chi connectivity index (χ3v) is 4.61. The summed E-state index contributed by atoms with van der Waals surface area (Å²) in [6, 6.07) is 9.73. The molecule has 4 nitrogen and oxygen atoms in total. The minimum Gasteiger partial charge on any atom is -0.354 e. The first kappa shape index (κ1) is 19.0. The minimum atomic E-state index is -0.952. The standard InChI is InChI=1S/C21H23F2N3O/c1-13(2)20(21(27)24-8-7-15-6-4-5-14(3)9-15)26-12-25-18-10-16(22)17(23)11-19(18)26/h4-6,9-13,20H,7-8H2,1-3H3,(H,24,27). The lowest BCUT2D eigenvalue weighted by Crippen LogP contribution is -2.36. The fraction of sp³-hybridized carbons (Fsp3) is 0.333. The van der Waals surface area contributed by atoms with E-state index in [-0.39, 0.29) is 11.8 Å². The first-order valence-electron chi connectivity index (χ1n) is 9.01. The highest BCUT2D eigenvalue weighted by molar-refractivity contribution is 5.84.